The Hall–Kier alpha value is -1.06. The van der Waals surface area contributed by atoms with Gasteiger partial charge in [0.25, 0.3) is 0 Å². The zero-order valence-electron chi connectivity index (χ0n) is 9.87. The molecule has 0 radical (unpaired) electrons. The quantitative estimate of drug-likeness (QED) is 0.590. The van der Waals surface area contributed by atoms with E-state index >= 15 is 0 Å². The van der Waals surface area contributed by atoms with Crippen molar-refractivity contribution in [3.63, 3.8) is 0 Å². The molecule has 1 atom stereocenters. The first kappa shape index (κ1) is 12.0. The van der Waals surface area contributed by atoms with Gasteiger partial charge in [-0.05, 0) is 24.5 Å². The fourth-order valence-electron chi connectivity index (χ4n) is 1.53. The molecule has 0 aliphatic heterocycles. The van der Waals surface area contributed by atoms with E-state index in [0.29, 0.717) is 5.92 Å². The van der Waals surface area contributed by atoms with Crippen molar-refractivity contribution in [2.45, 2.75) is 32.7 Å². The Balaban J connectivity index is 3.09. The van der Waals surface area contributed by atoms with Gasteiger partial charge in [0.05, 0.1) is 7.11 Å². The highest BCUT2D eigenvalue weighted by atomic mass is 16.5. The summed E-state index contributed by atoms with van der Waals surface area (Å²) >= 11 is 0. The predicted octanol–water partition coefficient (Wildman–Crippen LogP) is 2.34. The van der Waals surface area contributed by atoms with Crippen LogP contribution in [0.4, 0.5) is 0 Å². The van der Waals surface area contributed by atoms with Gasteiger partial charge < -0.3 is 4.74 Å². The summed E-state index contributed by atoms with van der Waals surface area (Å²) in [4.78, 5) is 0. The minimum absolute atomic E-state index is 0.0983. The van der Waals surface area contributed by atoms with E-state index in [1.807, 2.05) is 6.92 Å². The minimum Gasteiger partial charge on any atom is -0.496 e. The van der Waals surface area contributed by atoms with Gasteiger partial charge >= 0.3 is 0 Å². The summed E-state index contributed by atoms with van der Waals surface area (Å²) in [5, 5.41) is 0. The molecule has 3 heteroatoms. The van der Waals surface area contributed by atoms with Crippen LogP contribution in [-0.2, 0) is 0 Å². The van der Waals surface area contributed by atoms with E-state index in [-0.39, 0.29) is 6.04 Å². The maximum absolute atomic E-state index is 5.42. The van der Waals surface area contributed by atoms with Gasteiger partial charge in [-0.3, -0.25) is 11.3 Å². The molecule has 0 spiro atoms. The van der Waals surface area contributed by atoms with Gasteiger partial charge in [-0.25, -0.2) is 0 Å². The lowest BCUT2D eigenvalue weighted by molar-refractivity contribution is 0.401. The number of nitrogens with two attached hydrogens (primary N) is 1. The van der Waals surface area contributed by atoms with E-state index < -0.39 is 0 Å². The van der Waals surface area contributed by atoms with E-state index in [0.717, 1.165) is 11.3 Å². The SMILES string of the molecule is COc1cc(C(C)C)ccc1C(C)NN. The van der Waals surface area contributed by atoms with Gasteiger partial charge in [0.2, 0.25) is 0 Å². The first-order valence-electron chi connectivity index (χ1n) is 5.24. The zero-order chi connectivity index (χ0) is 11.4. The largest absolute Gasteiger partial charge is 0.496 e. The summed E-state index contributed by atoms with van der Waals surface area (Å²) in [5.41, 5.74) is 5.09. The Morgan fingerprint density at radius 2 is 1.93 bits per heavy atom. The Morgan fingerprint density at radius 1 is 1.27 bits per heavy atom. The summed E-state index contributed by atoms with van der Waals surface area (Å²) < 4.78 is 5.36. The van der Waals surface area contributed by atoms with Crippen LogP contribution >= 0.6 is 0 Å². The number of hydrazine groups is 1. The molecule has 3 N–H and O–H groups in total. The number of benzene rings is 1. The molecule has 1 aromatic rings. The van der Waals surface area contributed by atoms with E-state index in [1.165, 1.54) is 5.56 Å². The summed E-state index contributed by atoms with van der Waals surface area (Å²) in [7, 11) is 1.69. The van der Waals surface area contributed by atoms with Crippen LogP contribution in [0, 0.1) is 0 Å². The first-order valence-corrected chi connectivity index (χ1v) is 5.24. The fraction of sp³-hybridized carbons (Fsp3) is 0.500. The third kappa shape index (κ3) is 2.70. The summed E-state index contributed by atoms with van der Waals surface area (Å²) in [6.07, 6.45) is 0. The molecule has 3 nitrogen and oxygen atoms in total. The number of methoxy groups -OCH3 is 1. The molecule has 0 bridgehead atoms. The molecule has 1 unspecified atom stereocenters. The Bertz CT molecular complexity index is 323. The second-order valence-corrected chi connectivity index (χ2v) is 4.04. The molecule has 0 aliphatic rings. The van der Waals surface area contributed by atoms with E-state index in [9.17, 15) is 0 Å². The summed E-state index contributed by atoms with van der Waals surface area (Å²) in [6.45, 7) is 6.34. The Kier molecular flexibility index (Phi) is 4.12. The second-order valence-electron chi connectivity index (χ2n) is 4.04. The van der Waals surface area contributed by atoms with Crippen molar-refractivity contribution in [1.29, 1.82) is 0 Å². The number of hydrogen-bond donors (Lipinski definition) is 2. The smallest absolute Gasteiger partial charge is 0.123 e. The van der Waals surface area contributed by atoms with Gasteiger partial charge in [-0.1, -0.05) is 26.0 Å². The average molecular weight is 208 g/mol. The van der Waals surface area contributed by atoms with Gasteiger partial charge in [0.1, 0.15) is 5.75 Å². The van der Waals surface area contributed by atoms with Crippen LogP contribution in [0.5, 0.6) is 5.75 Å². The van der Waals surface area contributed by atoms with Crippen LogP contribution < -0.4 is 16.0 Å². The lowest BCUT2D eigenvalue weighted by Crippen LogP contribution is -2.26. The summed E-state index contributed by atoms with van der Waals surface area (Å²) in [5.74, 6) is 6.82. The van der Waals surface area contributed by atoms with Crippen LogP contribution in [0.2, 0.25) is 0 Å². The van der Waals surface area contributed by atoms with Gasteiger partial charge in [0, 0.05) is 11.6 Å². The number of ether oxygens (including phenoxy) is 1. The fourth-order valence-corrected chi connectivity index (χ4v) is 1.53. The van der Waals surface area contributed by atoms with Crippen LogP contribution in [0.25, 0.3) is 0 Å². The van der Waals surface area contributed by atoms with Crippen LogP contribution in [-0.4, -0.2) is 7.11 Å². The first-order chi connectivity index (χ1) is 7.10. The normalized spacial score (nSPS) is 12.9. The van der Waals surface area contributed by atoms with Gasteiger partial charge in [0.15, 0.2) is 0 Å². The number of rotatable bonds is 4. The lowest BCUT2D eigenvalue weighted by Gasteiger charge is -2.16. The topological polar surface area (TPSA) is 47.3 Å². The van der Waals surface area contributed by atoms with E-state index in [1.54, 1.807) is 7.11 Å². The Labute approximate surface area is 91.6 Å². The van der Waals surface area contributed by atoms with E-state index in [4.69, 9.17) is 10.6 Å². The molecule has 0 saturated carbocycles. The molecule has 1 aromatic carbocycles. The average Bonchev–Trinajstić information content (AvgIpc) is 2.27. The van der Waals surface area contributed by atoms with Crippen molar-refractivity contribution in [3.05, 3.63) is 29.3 Å². The molecular formula is C12H20N2O. The maximum atomic E-state index is 5.42. The van der Waals surface area contributed by atoms with Crippen LogP contribution in [0.1, 0.15) is 43.9 Å². The maximum Gasteiger partial charge on any atom is 0.123 e. The monoisotopic (exact) mass is 208 g/mol. The van der Waals surface area contributed by atoms with Crippen molar-refractivity contribution in [1.82, 2.24) is 5.43 Å². The molecule has 0 aromatic heterocycles. The van der Waals surface area contributed by atoms with Crippen molar-refractivity contribution < 1.29 is 4.74 Å². The molecule has 84 valence electrons. The van der Waals surface area contributed by atoms with Crippen molar-refractivity contribution in [3.8, 4) is 5.75 Å². The minimum atomic E-state index is 0.0983. The standard InChI is InChI=1S/C12H20N2O/c1-8(2)10-5-6-11(9(3)14-13)12(7-10)15-4/h5-9,14H,13H2,1-4H3. The second kappa shape index (κ2) is 5.14. The zero-order valence-corrected chi connectivity index (χ0v) is 9.87. The van der Waals surface area contributed by atoms with Crippen molar-refractivity contribution in [2.75, 3.05) is 7.11 Å². The number of hydrogen-bond acceptors (Lipinski definition) is 3. The lowest BCUT2D eigenvalue weighted by atomic mass is 9.98. The highest BCUT2D eigenvalue weighted by molar-refractivity contribution is 5.40. The highest BCUT2D eigenvalue weighted by Gasteiger charge is 2.11. The highest BCUT2D eigenvalue weighted by Crippen LogP contribution is 2.28. The molecule has 0 saturated heterocycles. The molecule has 15 heavy (non-hydrogen) atoms. The molecule has 1 rings (SSSR count). The van der Waals surface area contributed by atoms with Gasteiger partial charge in [-0.2, -0.15) is 0 Å². The predicted molar refractivity (Wildman–Crippen MR) is 62.8 cm³/mol. The summed E-state index contributed by atoms with van der Waals surface area (Å²) in [6, 6.07) is 6.37. The molecule has 0 fully saturated rings. The Morgan fingerprint density at radius 3 is 2.40 bits per heavy atom. The van der Waals surface area contributed by atoms with Crippen LogP contribution in [0.15, 0.2) is 18.2 Å². The van der Waals surface area contributed by atoms with Crippen molar-refractivity contribution >= 4 is 0 Å². The molecule has 0 aliphatic carbocycles. The molecular weight excluding hydrogens is 188 g/mol. The van der Waals surface area contributed by atoms with Crippen molar-refractivity contribution in [2.24, 2.45) is 5.84 Å². The van der Waals surface area contributed by atoms with Gasteiger partial charge in [-0.15, -0.1) is 0 Å². The third-order valence-electron chi connectivity index (χ3n) is 2.64. The number of nitrogens with one attached hydrogen (secondary N) is 1. The molecule has 0 amide bonds. The third-order valence-corrected chi connectivity index (χ3v) is 2.64. The van der Waals surface area contributed by atoms with Crippen LogP contribution in [0.3, 0.4) is 0 Å². The van der Waals surface area contributed by atoms with E-state index in [2.05, 4.69) is 37.5 Å². The molecule has 0 heterocycles.